The van der Waals surface area contributed by atoms with E-state index < -0.39 is 0 Å². The van der Waals surface area contributed by atoms with Crippen molar-refractivity contribution in [3.8, 4) is 0 Å². The summed E-state index contributed by atoms with van der Waals surface area (Å²) >= 11 is 0. The summed E-state index contributed by atoms with van der Waals surface area (Å²) in [4.78, 5) is 11.5. The van der Waals surface area contributed by atoms with Crippen LogP contribution in [-0.4, -0.2) is 12.5 Å². The van der Waals surface area contributed by atoms with Crippen molar-refractivity contribution in [2.75, 3.05) is 6.54 Å². The fraction of sp³-hybridized carbons (Fsp3) is 0.917. The highest BCUT2D eigenvalue weighted by Crippen LogP contribution is 2.43. The lowest BCUT2D eigenvalue weighted by atomic mass is 9.70. The fourth-order valence-electron chi connectivity index (χ4n) is 3.07. The maximum absolute atomic E-state index is 11.5. The number of hydrogen-bond acceptors (Lipinski definition) is 1. The quantitative estimate of drug-likeness (QED) is 0.632. The van der Waals surface area contributed by atoms with E-state index in [2.05, 4.69) is 12.2 Å². The predicted molar refractivity (Wildman–Crippen MR) is 56.9 cm³/mol. The Balaban J connectivity index is 2.07. The number of carbonyl (C=O) groups excluding carboxylic acids is 1. The van der Waals surface area contributed by atoms with E-state index in [-0.39, 0.29) is 11.8 Å². The van der Waals surface area contributed by atoms with Crippen LogP contribution >= 0.6 is 0 Å². The van der Waals surface area contributed by atoms with Gasteiger partial charge in [0.25, 0.3) is 0 Å². The molecule has 1 aliphatic carbocycles. The summed E-state index contributed by atoms with van der Waals surface area (Å²) < 4.78 is 0. The third-order valence-electron chi connectivity index (χ3n) is 4.28. The average Bonchev–Trinajstić information content (AvgIpc) is 2.41. The minimum Gasteiger partial charge on any atom is -0.355 e. The minimum atomic E-state index is 0.251. The molecule has 80 valence electrons. The highest BCUT2D eigenvalue weighted by Gasteiger charge is 2.44. The second-order valence-corrected chi connectivity index (χ2v) is 5.07. The molecule has 1 N–H and O–H groups in total. The molecule has 1 unspecified atom stereocenters. The number of rotatable bonds is 0. The molecule has 0 bridgehead atoms. The second-order valence-electron chi connectivity index (χ2n) is 5.07. The molecular formula is C12H21NO. The van der Waals surface area contributed by atoms with Gasteiger partial charge in [0.1, 0.15) is 0 Å². The number of hydrogen-bond donors (Lipinski definition) is 1. The van der Waals surface area contributed by atoms with Gasteiger partial charge in [-0.25, -0.2) is 0 Å². The molecule has 0 aromatic rings. The molecule has 1 saturated heterocycles. The molecule has 2 rings (SSSR count). The van der Waals surface area contributed by atoms with Crippen molar-refractivity contribution in [3.63, 3.8) is 0 Å². The van der Waals surface area contributed by atoms with Crippen LogP contribution < -0.4 is 5.32 Å². The van der Waals surface area contributed by atoms with Crippen LogP contribution in [0.5, 0.6) is 0 Å². The topological polar surface area (TPSA) is 29.1 Å². The Bertz CT molecular complexity index is 216. The Morgan fingerprint density at radius 1 is 1.14 bits per heavy atom. The zero-order valence-electron chi connectivity index (χ0n) is 9.14. The lowest BCUT2D eigenvalue weighted by Gasteiger charge is -2.33. The Morgan fingerprint density at radius 3 is 2.21 bits per heavy atom. The van der Waals surface area contributed by atoms with Crippen LogP contribution in [0.2, 0.25) is 0 Å². The van der Waals surface area contributed by atoms with Crippen molar-refractivity contribution >= 4 is 5.91 Å². The molecule has 2 fully saturated rings. The van der Waals surface area contributed by atoms with Gasteiger partial charge in [-0.1, -0.05) is 39.0 Å². The summed E-state index contributed by atoms with van der Waals surface area (Å²) in [6, 6.07) is 0. The van der Waals surface area contributed by atoms with Crippen LogP contribution in [0.3, 0.4) is 0 Å². The fourth-order valence-corrected chi connectivity index (χ4v) is 3.07. The molecule has 1 spiro atoms. The van der Waals surface area contributed by atoms with Crippen molar-refractivity contribution < 1.29 is 4.79 Å². The van der Waals surface area contributed by atoms with Crippen LogP contribution in [0, 0.1) is 11.3 Å². The summed E-state index contributed by atoms with van der Waals surface area (Å²) in [6.07, 6.45) is 9.27. The zero-order chi connectivity index (χ0) is 10.0. The van der Waals surface area contributed by atoms with Gasteiger partial charge in [-0.15, -0.1) is 0 Å². The molecule has 1 aliphatic heterocycles. The smallest absolute Gasteiger partial charge is 0.223 e. The van der Waals surface area contributed by atoms with E-state index in [4.69, 9.17) is 0 Å². The monoisotopic (exact) mass is 195 g/mol. The van der Waals surface area contributed by atoms with Crippen molar-refractivity contribution in [3.05, 3.63) is 0 Å². The molecule has 2 nitrogen and oxygen atoms in total. The number of carbonyl (C=O) groups is 1. The predicted octanol–water partition coefficient (Wildman–Crippen LogP) is 2.48. The normalized spacial score (nSPS) is 32.4. The van der Waals surface area contributed by atoms with E-state index in [1.165, 1.54) is 44.9 Å². The van der Waals surface area contributed by atoms with E-state index in [9.17, 15) is 4.79 Å². The molecule has 0 aromatic carbocycles. The zero-order valence-corrected chi connectivity index (χ0v) is 9.14. The van der Waals surface area contributed by atoms with Gasteiger partial charge in [0.05, 0.1) is 0 Å². The standard InChI is InChI=1S/C12H21NO/c1-10-11(14)13-9-12(10)7-5-3-2-4-6-8-12/h10H,2-9H2,1H3,(H,13,14). The molecule has 1 heterocycles. The van der Waals surface area contributed by atoms with E-state index in [0.29, 0.717) is 5.41 Å². The molecule has 2 heteroatoms. The third kappa shape index (κ3) is 1.67. The first-order valence-corrected chi connectivity index (χ1v) is 6.02. The minimum absolute atomic E-state index is 0.251. The van der Waals surface area contributed by atoms with Gasteiger partial charge < -0.3 is 5.32 Å². The molecule has 14 heavy (non-hydrogen) atoms. The van der Waals surface area contributed by atoms with Gasteiger partial charge in [0.2, 0.25) is 5.91 Å². The summed E-state index contributed by atoms with van der Waals surface area (Å²) in [7, 11) is 0. The molecule has 0 radical (unpaired) electrons. The van der Waals surface area contributed by atoms with Gasteiger partial charge in [-0.05, 0) is 18.3 Å². The van der Waals surface area contributed by atoms with Crippen LogP contribution in [0.15, 0.2) is 0 Å². The van der Waals surface area contributed by atoms with Crippen molar-refractivity contribution in [2.45, 2.75) is 51.9 Å². The maximum Gasteiger partial charge on any atom is 0.223 e. The van der Waals surface area contributed by atoms with Gasteiger partial charge in [0, 0.05) is 12.5 Å². The third-order valence-corrected chi connectivity index (χ3v) is 4.28. The number of nitrogens with one attached hydrogen (secondary N) is 1. The van der Waals surface area contributed by atoms with E-state index in [1.54, 1.807) is 0 Å². The molecule has 0 aromatic heterocycles. The van der Waals surface area contributed by atoms with Crippen LogP contribution in [0.25, 0.3) is 0 Å². The van der Waals surface area contributed by atoms with Crippen molar-refractivity contribution in [1.29, 1.82) is 0 Å². The Kier molecular flexibility index (Phi) is 2.80. The Hall–Kier alpha value is -0.530. The van der Waals surface area contributed by atoms with E-state index >= 15 is 0 Å². The van der Waals surface area contributed by atoms with Crippen LogP contribution in [0.1, 0.15) is 51.9 Å². The second kappa shape index (κ2) is 3.92. The van der Waals surface area contributed by atoms with Crippen molar-refractivity contribution in [2.24, 2.45) is 11.3 Å². The van der Waals surface area contributed by atoms with Crippen molar-refractivity contribution in [1.82, 2.24) is 5.32 Å². The lowest BCUT2D eigenvalue weighted by Crippen LogP contribution is -2.30. The summed E-state index contributed by atoms with van der Waals surface area (Å²) in [5.74, 6) is 0.533. The lowest BCUT2D eigenvalue weighted by molar-refractivity contribution is -0.123. The molecule has 1 atom stereocenters. The first-order chi connectivity index (χ1) is 6.75. The van der Waals surface area contributed by atoms with Gasteiger partial charge in [-0.3, -0.25) is 4.79 Å². The van der Waals surface area contributed by atoms with E-state index in [0.717, 1.165) is 6.54 Å². The van der Waals surface area contributed by atoms with Gasteiger partial charge >= 0.3 is 0 Å². The summed E-state index contributed by atoms with van der Waals surface area (Å²) in [5, 5.41) is 3.04. The summed E-state index contributed by atoms with van der Waals surface area (Å²) in [5.41, 5.74) is 0.317. The molecular weight excluding hydrogens is 174 g/mol. The highest BCUT2D eigenvalue weighted by atomic mass is 16.2. The summed E-state index contributed by atoms with van der Waals surface area (Å²) in [6.45, 7) is 3.05. The largest absolute Gasteiger partial charge is 0.355 e. The number of amides is 1. The molecule has 1 saturated carbocycles. The first kappa shape index (κ1) is 10.0. The molecule has 2 aliphatic rings. The molecule has 1 amide bonds. The van der Waals surface area contributed by atoms with E-state index in [1.807, 2.05) is 0 Å². The average molecular weight is 195 g/mol. The Morgan fingerprint density at radius 2 is 1.71 bits per heavy atom. The van der Waals surface area contributed by atoms with Crippen LogP contribution in [-0.2, 0) is 4.79 Å². The Labute approximate surface area is 86.5 Å². The highest BCUT2D eigenvalue weighted by molar-refractivity contribution is 5.81. The maximum atomic E-state index is 11.5. The van der Waals surface area contributed by atoms with Gasteiger partial charge in [0.15, 0.2) is 0 Å². The van der Waals surface area contributed by atoms with Crippen LogP contribution in [0.4, 0.5) is 0 Å². The first-order valence-electron chi connectivity index (χ1n) is 6.02. The SMILES string of the molecule is CC1C(=O)NCC12CCCCCCC2. The van der Waals surface area contributed by atoms with Gasteiger partial charge in [-0.2, -0.15) is 0 Å².